The second-order valence-corrected chi connectivity index (χ2v) is 8.48. The Hall–Kier alpha value is -3.07. The van der Waals surface area contributed by atoms with E-state index in [2.05, 4.69) is 74.5 Å². The summed E-state index contributed by atoms with van der Waals surface area (Å²) in [6, 6.07) is 25.0. The van der Waals surface area contributed by atoms with Gasteiger partial charge in [-0.3, -0.25) is 4.79 Å². The molecule has 0 aliphatic carbocycles. The molecule has 3 rings (SSSR count). The Labute approximate surface area is 198 Å². The molecule has 3 heteroatoms. The van der Waals surface area contributed by atoms with Crippen LogP contribution in [0.15, 0.2) is 72.8 Å². The summed E-state index contributed by atoms with van der Waals surface area (Å²) in [5.74, 6) is 0.788. The van der Waals surface area contributed by atoms with Crippen LogP contribution in [0.3, 0.4) is 0 Å². The van der Waals surface area contributed by atoms with Crippen LogP contribution in [0, 0.1) is 0 Å². The Kier molecular flexibility index (Phi) is 9.56. The van der Waals surface area contributed by atoms with Gasteiger partial charge in [-0.25, -0.2) is 0 Å². The lowest BCUT2D eigenvalue weighted by Gasteiger charge is -2.15. The van der Waals surface area contributed by atoms with Crippen molar-refractivity contribution in [2.75, 3.05) is 6.61 Å². The monoisotopic (exact) mass is 444 g/mol. The molecule has 1 atom stereocenters. The van der Waals surface area contributed by atoms with Crippen molar-refractivity contribution in [2.24, 2.45) is 0 Å². The molecule has 0 bridgehead atoms. The number of esters is 1. The van der Waals surface area contributed by atoms with E-state index < -0.39 is 0 Å². The summed E-state index contributed by atoms with van der Waals surface area (Å²) in [5.41, 5.74) is 5.66. The van der Waals surface area contributed by atoms with Crippen LogP contribution in [0.2, 0.25) is 0 Å². The first-order valence-corrected chi connectivity index (χ1v) is 12.2. The van der Waals surface area contributed by atoms with Crippen LogP contribution in [0.25, 0.3) is 22.3 Å². The summed E-state index contributed by atoms with van der Waals surface area (Å²) in [4.78, 5) is 12.1. The van der Waals surface area contributed by atoms with Crippen LogP contribution in [0.1, 0.15) is 71.0 Å². The number of benzene rings is 3. The van der Waals surface area contributed by atoms with Crippen molar-refractivity contribution in [1.29, 1.82) is 0 Å². The summed E-state index contributed by atoms with van der Waals surface area (Å²) in [7, 11) is 0. The summed E-state index contributed by atoms with van der Waals surface area (Å²) in [5, 5.41) is 0. The molecule has 0 aliphatic rings. The van der Waals surface area contributed by atoms with Gasteiger partial charge in [0.25, 0.3) is 0 Å². The van der Waals surface area contributed by atoms with E-state index in [4.69, 9.17) is 9.47 Å². The highest BCUT2D eigenvalue weighted by atomic mass is 16.5. The minimum absolute atomic E-state index is 0.112. The SMILES string of the molecule is CCCCCCC(=O)OC(C)c1ccc(-c2ccccc2-c2ccc(OCCC)cc2)cc1. The van der Waals surface area contributed by atoms with Crippen LogP contribution in [0.4, 0.5) is 0 Å². The lowest BCUT2D eigenvalue weighted by atomic mass is 9.94. The average Bonchev–Trinajstić information content (AvgIpc) is 2.86. The predicted octanol–water partition coefficient (Wildman–Crippen LogP) is 8.38. The Morgan fingerprint density at radius 3 is 1.94 bits per heavy atom. The van der Waals surface area contributed by atoms with E-state index >= 15 is 0 Å². The van der Waals surface area contributed by atoms with Gasteiger partial charge < -0.3 is 9.47 Å². The molecule has 3 nitrogen and oxygen atoms in total. The zero-order valence-corrected chi connectivity index (χ0v) is 20.2. The first-order valence-electron chi connectivity index (χ1n) is 12.2. The maximum atomic E-state index is 12.1. The van der Waals surface area contributed by atoms with E-state index in [9.17, 15) is 4.79 Å². The molecular formula is C30H36O3. The van der Waals surface area contributed by atoms with Crippen molar-refractivity contribution in [3.05, 3.63) is 78.4 Å². The van der Waals surface area contributed by atoms with Crippen molar-refractivity contribution in [2.45, 2.75) is 65.4 Å². The third kappa shape index (κ3) is 7.21. The number of rotatable bonds is 12. The minimum Gasteiger partial charge on any atom is -0.494 e. The first kappa shape index (κ1) is 24.6. The van der Waals surface area contributed by atoms with Crippen LogP contribution in [0.5, 0.6) is 5.75 Å². The molecule has 0 heterocycles. The molecule has 0 aromatic heterocycles. The van der Waals surface area contributed by atoms with Crippen molar-refractivity contribution < 1.29 is 14.3 Å². The molecule has 3 aromatic carbocycles. The summed E-state index contributed by atoms with van der Waals surface area (Å²) in [6.07, 6.45) is 5.57. The molecule has 0 aliphatic heterocycles. The van der Waals surface area contributed by atoms with Gasteiger partial charge in [0, 0.05) is 6.42 Å². The molecule has 0 saturated carbocycles. The summed E-state index contributed by atoms with van der Waals surface area (Å²) >= 11 is 0. The molecule has 3 aromatic rings. The lowest BCUT2D eigenvalue weighted by Crippen LogP contribution is -2.08. The van der Waals surface area contributed by atoms with E-state index in [1.54, 1.807) is 0 Å². The van der Waals surface area contributed by atoms with Crippen molar-refractivity contribution in [3.63, 3.8) is 0 Å². The molecule has 0 radical (unpaired) electrons. The quantitative estimate of drug-likeness (QED) is 0.208. The fraction of sp³-hybridized carbons (Fsp3) is 0.367. The van der Waals surface area contributed by atoms with Crippen LogP contribution in [-0.2, 0) is 9.53 Å². The smallest absolute Gasteiger partial charge is 0.306 e. The van der Waals surface area contributed by atoms with Crippen molar-refractivity contribution >= 4 is 5.97 Å². The molecule has 33 heavy (non-hydrogen) atoms. The molecule has 1 unspecified atom stereocenters. The van der Waals surface area contributed by atoms with Gasteiger partial charge in [-0.2, -0.15) is 0 Å². The van der Waals surface area contributed by atoms with E-state index in [0.717, 1.165) is 48.3 Å². The van der Waals surface area contributed by atoms with Gasteiger partial charge in [-0.15, -0.1) is 0 Å². The highest BCUT2D eigenvalue weighted by Gasteiger charge is 2.13. The lowest BCUT2D eigenvalue weighted by molar-refractivity contribution is -0.148. The Bertz CT molecular complexity index is 990. The van der Waals surface area contributed by atoms with Gasteiger partial charge in [0.05, 0.1) is 6.61 Å². The predicted molar refractivity (Wildman–Crippen MR) is 136 cm³/mol. The third-order valence-corrected chi connectivity index (χ3v) is 5.80. The molecule has 0 saturated heterocycles. The fourth-order valence-electron chi connectivity index (χ4n) is 3.89. The van der Waals surface area contributed by atoms with Crippen LogP contribution in [-0.4, -0.2) is 12.6 Å². The standard InChI is InChI=1S/C30H36O3/c1-4-6-7-8-13-30(31)33-23(3)24-14-16-25(17-15-24)28-11-9-10-12-29(28)26-18-20-27(21-19-26)32-22-5-2/h9-12,14-21,23H,4-8,13,22H2,1-3H3. The first-order chi connectivity index (χ1) is 16.1. The summed E-state index contributed by atoms with van der Waals surface area (Å²) in [6.45, 7) is 6.95. The normalized spacial score (nSPS) is 11.7. The number of hydrogen-bond donors (Lipinski definition) is 0. The Balaban J connectivity index is 1.69. The van der Waals surface area contributed by atoms with Gasteiger partial charge in [0.2, 0.25) is 0 Å². The van der Waals surface area contributed by atoms with Crippen LogP contribution >= 0.6 is 0 Å². The number of carbonyl (C=O) groups excluding carboxylic acids is 1. The zero-order valence-electron chi connectivity index (χ0n) is 20.2. The second-order valence-electron chi connectivity index (χ2n) is 8.48. The van der Waals surface area contributed by atoms with Crippen molar-refractivity contribution in [1.82, 2.24) is 0 Å². The molecule has 0 spiro atoms. The maximum absolute atomic E-state index is 12.1. The molecule has 0 fully saturated rings. The molecule has 174 valence electrons. The molecule has 0 N–H and O–H groups in total. The highest BCUT2D eigenvalue weighted by Crippen LogP contribution is 2.33. The maximum Gasteiger partial charge on any atom is 0.306 e. The average molecular weight is 445 g/mol. The van der Waals surface area contributed by atoms with Gasteiger partial charge in [0.15, 0.2) is 0 Å². The van der Waals surface area contributed by atoms with Gasteiger partial charge in [-0.05, 0) is 59.7 Å². The van der Waals surface area contributed by atoms with E-state index in [1.165, 1.54) is 24.0 Å². The number of ether oxygens (including phenoxy) is 2. The van der Waals surface area contributed by atoms with E-state index in [1.807, 2.05) is 19.1 Å². The number of carbonyl (C=O) groups is 1. The Morgan fingerprint density at radius 2 is 1.36 bits per heavy atom. The molecular weight excluding hydrogens is 408 g/mol. The summed E-state index contributed by atoms with van der Waals surface area (Å²) < 4.78 is 11.4. The largest absolute Gasteiger partial charge is 0.494 e. The van der Waals surface area contributed by atoms with Crippen LogP contribution < -0.4 is 4.74 Å². The van der Waals surface area contributed by atoms with Crippen molar-refractivity contribution in [3.8, 4) is 28.0 Å². The Morgan fingerprint density at radius 1 is 0.758 bits per heavy atom. The van der Waals surface area contributed by atoms with Gasteiger partial charge in [0.1, 0.15) is 11.9 Å². The van der Waals surface area contributed by atoms with Gasteiger partial charge >= 0.3 is 5.97 Å². The van der Waals surface area contributed by atoms with E-state index in [-0.39, 0.29) is 12.1 Å². The number of unbranched alkanes of at least 4 members (excludes halogenated alkanes) is 3. The second kappa shape index (κ2) is 12.8. The molecule has 0 amide bonds. The highest BCUT2D eigenvalue weighted by molar-refractivity contribution is 5.83. The minimum atomic E-state index is -0.247. The topological polar surface area (TPSA) is 35.5 Å². The van der Waals surface area contributed by atoms with Gasteiger partial charge in [-0.1, -0.05) is 93.8 Å². The third-order valence-electron chi connectivity index (χ3n) is 5.80. The fourth-order valence-corrected chi connectivity index (χ4v) is 3.89. The number of hydrogen-bond acceptors (Lipinski definition) is 3. The van der Waals surface area contributed by atoms with E-state index in [0.29, 0.717) is 6.42 Å². The zero-order chi connectivity index (χ0) is 23.5.